The molecule has 110 valence electrons. The van der Waals surface area contributed by atoms with Crippen LogP contribution < -0.4 is 5.32 Å². The molecule has 1 unspecified atom stereocenters. The Hall–Kier alpha value is -1.34. The van der Waals surface area contributed by atoms with Gasteiger partial charge in [0, 0.05) is 6.54 Å². The van der Waals surface area contributed by atoms with Gasteiger partial charge in [0.05, 0.1) is 21.9 Å². The molecule has 0 saturated heterocycles. The minimum atomic E-state index is -4.36. The molecular formula is C13H15F3N2OS. The molecule has 0 amide bonds. The molecule has 0 aliphatic heterocycles. The number of aliphatic hydroxyl groups excluding tert-OH is 1. The molecule has 3 nitrogen and oxygen atoms in total. The van der Waals surface area contributed by atoms with Gasteiger partial charge in [-0.1, -0.05) is 24.7 Å². The standard InChI is InChI=1S/C13H15F3N2OS/c1-2-3-9(19)7-17-12-18-10-6-8(13(14,15)16)4-5-11(10)20-12/h4-6,9,19H,2-3,7H2,1H3,(H,17,18). The summed E-state index contributed by atoms with van der Waals surface area (Å²) >= 11 is 1.28. The quantitative estimate of drug-likeness (QED) is 0.881. The lowest BCUT2D eigenvalue weighted by Gasteiger charge is -2.08. The Morgan fingerprint density at radius 2 is 2.15 bits per heavy atom. The average molecular weight is 304 g/mol. The zero-order valence-electron chi connectivity index (χ0n) is 10.9. The molecule has 0 radical (unpaired) electrons. The SMILES string of the molecule is CCCC(O)CNc1nc2cc(C(F)(F)F)ccc2s1. The van der Waals surface area contributed by atoms with Crippen molar-refractivity contribution in [1.82, 2.24) is 4.98 Å². The number of fused-ring (bicyclic) bond motifs is 1. The Labute approximate surface area is 118 Å². The molecule has 0 aliphatic carbocycles. The molecule has 0 saturated carbocycles. The number of aromatic nitrogens is 1. The van der Waals surface area contributed by atoms with Gasteiger partial charge in [0.2, 0.25) is 0 Å². The first-order chi connectivity index (χ1) is 9.40. The number of halogens is 3. The molecule has 1 aromatic carbocycles. The van der Waals surface area contributed by atoms with E-state index < -0.39 is 17.8 Å². The summed E-state index contributed by atoms with van der Waals surface area (Å²) in [6.45, 7) is 2.32. The van der Waals surface area contributed by atoms with Crippen molar-refractivity contribution in [1.29, 1.82) is 0 Å². The number of aliphatic hydroxyl groups is 1. The van der Waals surface area contributed by atoms with E-state index in [0.717, 1.165) is 18.6 Å². The molecule has 2 rings (SSSR count). The van der Waals surface area contributed by atoms with Crippen LogP contribution in [0.4, 0.5) is 18.3 Å². The van der Waals surface area contributed by atoms with E-state index >= 15 is 0 Å². The highest BCUT2D eigenvalue weighted by Crippen LogP contribution is 2.33. The number of alkyl halides is 3. The predicted molar refractivity (Wildman–Crippen MR) is 74.0 cm³/mol. The second-order valence-electron chi connectivity index (χ2n) is 4.52. The Kier molecular flexibility index (Phi) is 4.49. The van der Waals surface area contributed by atoms with Gasteiger partial charge in [0.25, 0.3) is 0 Å². The lowest BCUT2D eigenvalue weighted by Crippen LogP contribution is -2.18. The summed E-state index contributed by atoms with van der Waals surface area (Å²) in [5, 5.41) is 13.1. The second kappa shape index (κ2) is 5.97. The van der Waals surface area contributed by atoms with E-state index in [1.165, 1.54) is 17.4 Å². The van der Waals surface area contributed by atoms with Crippen molar-refractivity contribution in [2.24, 2.45) is 0 Å². The predicted octanol–water partition coefficient (Wildman–Crippen LogP) is 3.89. The van der Waals surface area contributed by atoms with Gasteiger partial charge in [0.15, 0.2) is 5.13 Å². The summed E-state index contributed by atoms with van der Waals surface area (Å²) in [6.07, 6.45) is -3.28. The lowest BCUT2D eigenvalue weighted by molar-refractivity contribution is -0.137. The maximum atomic E-state index is 12.6. The fraction of sp³-hybridized carbons (Fsp3) is 0.462. The maximum Gasteiger partial charge on any atom is 0.416 e. The maximum absolute atomic E-state index is 12.6. The van der Waals surface area contributed by atoms with Crippen molar-refractivity contribution >= 4 is 26.7 Å². The smallest absolute Gasteiger partial charge is 0.391 e. The summed E-state index contributed by atoms with van der Waals surface area (Å²) in [5.41, 5.74) is -0.384. The van der Waals surface area contributed by atoms with E-state index in [4.69, 9.17) is 0 Å². The Morgan fingerprint density at radius 1 is 1.40 bits per heavy atom. The first-order valence-corrected chi connectivity index (χ1v) is 7.11. The summed E-state index contributed by atoms with van der Waals surface area (Å²) in [6, 6.07) is 3.51. The van der Waals surface area contributed by atoms with Gasteiger partial charge in [-0.15, -0.1) is 0 Å². The van der Waals surface area contributed by atoms with Crippen LogP contribution >= 0.6 is 11.3 Å². The van der Waals surface area contributed by atoms with E-state index in [1.54, 1.807) is 0 Å². The van der Waals surface area contributed by atoms with Crippen molar-refractivity contribution in [2.45, 2.75) is 32.0 Å². The van der Waals surface area contributed by atoms with Crippen molar-refractivity contribution in [3.05, 3.63) is 23.8 Å². The number of nitrogens with one attached hydrogen (secondary N) is 1. The zero-order chi connectivity index (χ0) is 14.8. The van der Waals surface area contributed by atoms with Crippen LogP contribution in [-0.4, -0.2) is 22.7 Å². The highest BCUT2D eigenvalue weighted by Gasteiger charge is 2.30. The van der Waals surface area contributed by atoms with Crippen LogP contribution in [0.15, 0.2) is 18.2 Å². The molecule has 2 aromatic rings. The zero-order valence-corrected chi connectivity index (χ0v) is 11.7. The highest BCUT2D eigenvalue weighted by atomic mass is 32.1. The first kappa shape index (κ1) is 15.1. The van der Waals surface area contributed by atoms with Crippen molar-refractivity contribution < 1.29 is 18.3 Å². The van der Waals surface area contributed by atoms with E-state index in [-0.39, 0.29) is 0 Å². The van der Waals surface area contributed by atoms with Crippen LogP contribution in [0.5, 0.6) is 0 Å². The third-order valence-electron chi connectivity index (χ3n) is 2.83. The molecule has 1 atom stereocenters. The molecule has 7 heteroatoms. The van der Waals surface area contributed by atoms with Crippen molar-refractivity contribution in [2.75, 3.05) is 11.9 Å². The van der Waals surface area contributed by atoms with E-state index in [1.807, 2.05) is 6.92 Å². The van der Waals surface area contributed by atoms with Gasteiger partial charge in [-0.3, -0.25) is 0 Å². The Morgan fingerprint density at radius 3 is 2.80 bits per heavy atom. The average Bonchev–Trinajstić information content (AvgIpc) is 2.77. The molecule has 2 N–H and O–H groups in total. The number of hydrogen-bond donors (Lipinski definition) is 2. The van der Waals surface area contributed by atoms with Gasteiger partial charge in [-0.05, 0) is 24.6 Å². The molecule has 1 heterocycles. The lowest BCUT2D eigenvalue weighted by atomic mass is 10.2. The minimum absolute atomic E-state index is 0.317. The first-order valence-electron chi connectivity index (χ1n) is 6.30. The van der Waals surface area contributed by atoms with Gasteiger partial charge in [-0.25, -0.2) is 4.98 Å². The Bertz CT molecular complexity index is 582. The number of anilines is 1. The number of hydrogen-bond acceptors (Lipinski definition) is 4. The van der Waals surface area contributed by atoms with Crippen molar-refractivity contribution in [3.8, 4) is 0 Å². The topological polar surface area (TPSA) is 45.1 Å². The summed E-state index contributed by atoms with van der Waals surface area (Å²) in [5.74, 6) is 0. The summed E-state index contributed by atoms with van der Waals surface area (Å²) in [7, 11) is 0. The van der Waals surface area contributed by atoms with Crippen LogP contribution in [0.1, 0.15) is 25.3 Å². The van der Waals surface area contributed by atoms with Gasteiger partial charge in [0.1, 0.15) is 0 Å². The minimum Gasteiger partial charge on any atom is -0.391 e. The van der Waals surface area contributed by atoms with E-state index in [2.05, 4.69) is 10.3 Å². The van der Waals surface area contributed by atoms with Crippen LogP contribution in [-0.2, 0) is 6.18 Å². The van der Waals surface area contributed by atoms with Crippen LogP contribution in [0.2, 0.25) is 0 Å². The number of rotatable bonds is 5. The molecule has 1 aromatic heterocycles. The summed E-state index contributed by atoms with van der Waals surface area (Å²) in [4.78, 5) is 4.12. The van der Waals surface area contributed by atoms with Gasteiger partial charge < -0.3 is 10.4 Å². The third kappa shape index (κ3) is 3.61. The molecule has 0 bridgehead atoms. The van der Waals surface area contributed by atoms with Crippen LogP contribution in [0, 0.1) is 0 Å². The normalized spacial score (nSPS) is 13.7. The third-order valence-corrected chi connectivity index (χ3v) is 3.82. The van der Waals surface area contributed by atoms with Gasteiger partial charge in [-0.2, -0.15) is 13.2 Å². The fourth-order valence-electron chi connectivity index (χ4n) is 1.82. The fourth-order valence-corrected chi connectivity index (χ4v) is 2.67. The van der Waals surface area contributed by atoms with Crippen LogP contribution in [0.3, 0.4) is 0 Å². The molecule has 0 aliphatic rings. The summed E-state index contributed by atoms with van der Waals surface area (Å²) < 4.78 is 38.5. The van der Waals surface area contributed by atoms with Gasteiger partial charge >= 0.3 is 6.18 Å². The van der Waals surface area contributed by atoms with Crippen molar-refractivity contribution in [3.63, 3.8) is 0 Å². The largest absolute Gasteiger partial charge is 0.416 e. The monoisotopic (exact) mass is 304 g/mol. The van der Waals surface area contributed by atoms with E-state index in [0.29, 0.717) is 28.3 Å². The molecule has 20 heavy (non-hydrogen) atoms. The highest BCUT2D eigenvalue weighted by molar-refractivity contribution is 7.22. The molecule has 0 spiro atoms. The van der Waals surface area contributed by atoms with Crippen LogP contribution in [0.25, 0.3) is 10.2 Å². The number of benzene rings is 1. The van der Waals surface area contributed by atoms with E-state index in [9.17, 15) is 18.3 Å². The molecular weight excluding hydrogens is 289 g/mol. The Balaban J connectivity index is 2.13. The number of nitrogens with zero attached hydrogens (tertiary/aromatic N) is 1. The second-order valence-corrected chi connectivity index (χ2v) is 5.55. The molecule has 0 fully saturated rings. The number of thiazole rings is 1.